The van der Waals surface area contributed by atoms with Crippen molar-refractivity contribution in [1.29, 1.82) is 0 Å². The number of amides is 2. The highest BCUT2D eigenvalue weighted by atomic mass is 32.2. The first-order valence-electron chi connectivity index (χ1n) is 4.72. The van der Waals surface area contributed by atoms with E-state index in [9.17, 15) is 14.7 Å². The molecule has 2 N–H and O–H groups in total. The maximum atomic E-state index is 11.3. The van der Waals surface area contributed by atoms with Crippen molar-refractivity contribution in [2.45, 2.75) is 0 Å². The highest BCUT2D eigenvalue weighted by Gasteiger charge is 2.25. The molecule has 1 heterocycles. The number of benzene rings is 1. The van der Waals surface area contributed by atoms with E-state index in [1.54, 1.807) is 18.2 Å². The van der Waals surface area contributed by atoms with Crippen LogP contribution in [0.1, 0.15) is 5.56 Å². The number of rotatable bonds is 2. The van der Waals surface area contributed by atoms with Gasteiger partial charge in [-0.1, -0.05) is 12.1 Å². The first-order chi connectivity index (χ1) is 8.11. The Morgan fingerprint density at radius 3 is 2.76 bits per heavy atom. The molecule has 2 rings (SSSR count). The number of thioether (sulfide) groups is 1. The number of imide groups is 1. The van der Waals surface area contributed by atoms with Crippen LogP contribution in [0.15, 0.2) is 23.1 Å². The lowest BCUT2D eigenvalue weighted by Gasteiger charge is -2.05. The summed E-state index contributed by atoms with van der Waals surface area (Å²) in [6.07, 6.45) is 1.45. The van der Waals surface area contributed by atoms with Crippen LogP contribution >= 0.6 is 11.8 Å². The number of ether oxygens (including phenoxy) is 1. The minimum Gasteiger partial charge on any atom is -0.504 e. The van der Waals surface area contributed by atoms with Crippen molar-refractivity contribution in [3.05, 3.63) is 28.7 Å². The lowest BCUT2D eigenvalue weighted by atomic mass is 10.1. The molecule has 1 aliphatic rings. The second kappa shape index (κ2) is 4.50. The summed E-state index contributed by atoms with van der Waals surface area (Å²) in [5.41, 5.74) is 0.428. The molecule has 0 saturated carbocycles. The van der Waals surface area contributed by atoms with Crippen LogP contribution in [0.25, 0.3) is 6.08 Å². The number of carbonyl (C=O) groups excluding carboxylic acids is 2. The molecule has 1 aliphatic heterocycles. The summed E-state index contributed by atoms with van der Waals surface area (Å²) in [6, 6.07) is 4.91. The van der Waals surface area contributed by atoms with E-state index in [0.717, 1.165) is 11.8 Å². The van der Waals surface area contributed by atoms with E-state index in [4.69, 9.17) is 4.74 Å². The van der Waals surface area contributed by atoms with Gasteiger partial charge in [0.15, 0.2) is 11.5 Å². The molecular weight excluding hydrogens is 242 g/mol. The van der Waals surface area contributed by atoms with Crippen molar-refractivity contribution >= 4 is 29.0 Å². The minimum atomic E-state index is -0.456. The van der Waals surface area contributed by atoms with Gasteiger partial charge >= 0.3 is 0 Å². The molecule has 0 bridgehead atoms. The van der Waals surface area contributed by atoms with Gasteiger partial charge in [-0.3, -0.25) is 14.9 Å². The van der Waals surface area contributed by atoms with Crippen molar-refractivity contribution in [2.75, 3.05) is 7.11 Å². The van der Waals surface area contributed by atoms with Crippen molar-refractivity contribution in [1.82, 2.24) is 5.32 Å². The highest BCUT2D eigenvalue weighted by molar-refractivity contribution is 8.18. The molecule has 2 amide bonds. The summed E-state index contributed by atoms with van der Waals surface area (Å²) in [6.45, 7) is 0. The third-order valence-corrected chi connectivity index (χ3v) is 2.99. The van der Waals surface area contributed by atoms with Crippen molar-refractivity contribution in [2.24, 2.45) is 0 Å². The van der Waals surface area contributed by atoms with Gasteiger partial charge in [-0.2, -0.15) is 0 Å². The van der Waals surface area contributed by atoms with E-state index in [-0.39, 0.29) is 10.7 Å². The van der Waals surface area contributed by atoms with Gasteiger partial charge in [0.05, 0.1) is 12.0 Å². The predicted octanol–water partition coefficient (Wildman–Crippen LogP) is 1.72. The van der Waals surface area contributed by atoms with E-state index < -0.39 is 11.1 Å². The molecule has 1 aromatic carbocycles. The van der Waals surface area contributed by atoms with Crippen LogP contribution in [0.3, 0.4) is 0 Å². The van der Waals surface area contributed by atoms with E-state index in [1.807, 2.05) is 0 Å². The molecule has 0 radical (unpaired) electrons. The largest absolute Gasteiger partial charge is 0.504 e. The third-order valence-electron chi connectivity index (χ3n) is 2.18. The zero-order valence-corrected chi connectivity index (χ0v) is 9.71. The van der Waals surface area contributed by atoms with Crippen LogP contribution in [-0.4, -0.2) is 23.4 Å². The number of para-hydroxylation sites is 1. The average Bonchev–Trinajstić information content (AvgIpc) is 2.60. The monoisotopic (exact) mass is 251 g/mol. The number of carbonyl (C=O) groups is 2. The molecule has 0 aromatic heterocycles. The maximum Gasteiger partial charge on any atom is 0.290 e. The van der Waals surface area contributed by atoms with E-state index >= 15 is 0 Å². The Morgan fingerprint density at radius 1 is 1.41 bits per heavy atom. The summed E-state index contributed by atoms with van der Waals surface area (Å²) in [4.78, 5) is 22.5. The van der Waals surface area contributed by atoms with Gasteiger partial charge in [0.2, 0.25) is 0 Å². The summed E-state index contributed by atoms with van der Waals surface area (Å²) >= 11 is 0.800. The first kappa shape index (κ1) is 11.5. The Balaban J connectivity index is 2.39. The van der Waals surface area contributed by atoms with Crippen LogP contribution in [-0.2, 0) is 4.79 Å². The molecule has 1 fully saturated rings. The number of hydrogen-bond acceptors (Lipinski definition) is 5. The molecule has 0 atom stereocenters. The van der Waals surface area contributed by atoms with Crippen molar-refractivity contribution < 1.29 is 19.4 Å². The molecule has 0 spiro atoms. The fourth-order valence-electron chi connectivity index (χ4n) is 1.38. The zero-order valence-electron chi connectivity index (χ0n) is 8.89. The first-order valence-corrected chi connectivity index (χ1v) is 5.54. The van der Waals surface area contributed by atoms with Crippen molar-refractivity contribution in [3.63, 3.8) is 0 Å². The summed E-state index contributed by atoms with van der Waals surface area (Å²) < 4.78 is 4.94. The summed E-state index contributed by atoms with van der Waals surface area (Å²) in [5.74, 6) is -0.202. The van der Waals surface area contributed by atoms with Crippen LogP contribution in [0.4, 0.5) is 4.79 Å². The number of phenols is 1. The lowest BCUT2D eigenvalue weighted by Crippen LogP contribution is -2.17. The normalized spacial score (nSPS) is 17.4. The van der Waals surface area contributed by atoms with Gasteiger partial charge in [0.1, 0.15) is 0 Å². The van der Waals surface area contributed by atoms with Crippen LogP contribution in [0.2, 0.25) is 0 Å². The molecule has 5 nitrogen and oxygen atoms in total. The zero-order chi connectivity index (χ0) is 12.4. The fraction of sp³-hybridized carbons (Fsp3) is 0.0909. The molecule has 17 heavy (non-hydrogen) atoms. The van der Waals surface area contributed by atoms with Gasteiger partial charge < -0.3 is 9.84 Å². The summed E-state index contributed by atoms with van der Waals surface area (Å²) in [7, 11) is 1.44. The molecule has 1 aromatic rings. The minimum absolute atomic E-state index is 0.0600. The van der Waals surface area contributed by atoms with Crippen LogP contribution < -0.4 is 10.1 Å². The number of nitrogens with one attached hydrogen (secondary N) is 1. The number of phenolic OH excluding ortho intramolecular Hbond substituents is 1. The van der Waals surface area contributed by atoms with Crippen molar-refractivity contribution in [3.8, 4) is 11.5 Å². The van der Waals surface area contributed by atoms with E-state index in [2.05, 4.69) is 5.32 Å². The average molecular weight is 251 g/mol. The third kappa shape index (κ3) is 2.26. The van der Waals surface area contributed by atoms with Gasteiger partial charge in [-0.25, -0.2) is 0 Å². The SMILES string of the molecule is COc1cccc(/C=C2/SC(=O)NC2=O)c1O. The second-order valence-electron chi connectivity index (χ2n) is 3.25. The Bertz CT molecular complexity index is 524. The van der Waals surface area contributed by atoms with Gasteiger partial charge in [-0.05, 0) is 23.9 Å². The van der Waals surface area contributed by atoms with E-state index in [0.29, 0.717) is 11.3 Å². The predicted molar refractivity (Wildman–Crippen MR) is 63.8 cm³/mol. The Labute approximate surface area is 101 Å². The van der Waals surface area contributed by atoms with Gasteiger partial charge in [-0.15, -0.1) is 0 Å². The van der Waals surface area contributed by atoms with Gasteiger partial charge in [0.25, 0.3) is 11.1 Å². The quantitative estimate of drug-likeness (QED) is 0.783. The number of hydrogen-bond donors (Lipinski definition) is 2. The number of aromatic hydroxyl groups is 1. The lowest BCUT2D eigenvalue weighted by molar-refractivity contribution is -0.115. The fourth-order valence-corrected chi connectivity index (χ4v) is 2.06. The smallest absolute Gasteiger partial charge is 0.290 e. The topological polar surface area (TPSA) is 75.6 Å². The Morgan fingerprint density at radius 2 is 2.18 bits per heavy atom. The molecule has 6 heteroatoms. The van der Waals surface area contributed by atoms with Gasteiger partial charge in [0, 0.05) is 5.56 Å². The summed E-state index contributed by atoms with van der Waals surface area (Å²) in [5, 5.41) is 11.5. The molecule has 1 saturated heterocycles. The molecule has 0 aliphatic carbocycles. The Kier molecular flexibility index (Phi) is 3.06. The van der Waals surface area contributed by atoms with E-state index in [1.165, 1.54) is 13.2 Å². The maximum absolute atomic E-state index is 11.3. The highest BCUT2D eigenvalue weighted by Crippen LogP contribution is 2.33. The van der Waals surface area contributed by atoms with Crippen LogP contribution in [0, 0.1) is 0 Å². The molecule has 88 valence electrons. The standard InChI is InChI=1S/C11H9NO4S/c1-16-7-4-2-3-6(9(7)13)5-8-10(14)12-11(15)17-8/h2-5,13H,1H3,(H,12,14,15)/b8-5+. The molecular formula is C11H9NO4S. The number of methoxy groups -OCH3 is 1. The Hall–Kier alpha value is -1.95. The second-order valence-corrected chi connectivity index (χ2v) is 4.27. The van der Waals surface area contributed by atoms with Crippen LogP contribution in [0.5, 0.6) is 11.5 Å². The molecule has 0 unspecified atom stereocenters.